The standard InChI is InChI=1S/C9H11Cl2NO2S/c1-3-12-15(13,14)7-5-4-6(2)8(10)9(7)11/h4-5,12H,3H2,1-2H3. The topological polar surface area (TPSA) is 46.2 Å². The van der Waals surface area contributed by atoms with Crippen LogP contribution >= 0.6 is 23.2 Å². The molecular weight excluding hydrogens is 257 g/mol. The fourth-order valence-corrected chi connectivity index (χ4v) is 2.96. The van der Waals surface area contributed by atoms with E-state index < -0.39 is 10.0 Å². The molecule has 1 aromatic carbocycles. The number of benzene rings is 1. The summed E-state index contributed by atoms with van der Waals surface area (Å²) >= 11 is 11.7. The molecule has 0 aliphatic heterocycles. The maximum absolute atomic E-state index is 11.7. The molecule has 0 aliphatic rings. The predicted octanol–water partition coefficient (Wildman–Crippen LogP) is 2.60. The molecule has 84 valence electrons. The predicted molar refractivity (Wildman–Crippen MR) is 62.1 cm³/mol. The smallest absolute Gasteiger partial charge is 0.211 e. The zero-order valence-corrected chi connectivity index (χ0v) is 10.7. The first kappa shape index (κ1) is 12.8. The van der Waals surface area contributed by atoms with E-state index in [0.717, 1.165) is 5.56 Å². The van der Waals surface area contributed by atoms with Crippen molar-refractivity contribution in [1.82, 2.24) is 4.72 Å². The van der Waals surface area contributed by atoms with Gasteiger partial charge in [-0.1, -0.05) is 36.2 Å². The van der Waals surface area contributed by atoms with Gasteiger partial charge in [0.1, 0.15) is 4.90 Å². The second kappa shape index (κ2) is 4.70. The lowest BCUT2D eigenvalue weighted by molar-refractivity contribution is 0.584. The number of nitrogens with one attached hydrogen (secondary N) is 1. The van der Waals surface area contributed by atoms with Crippen LogP contribution in [0.4, 0.5) is 0 Å². The van der Waals surface area contributed by atoms with Crippen molar-refractivity contribution in [2.75, 3.05) is 6.54 Å². The summed E-state index contributed by atoms with van der Waals surface area (Å²) in [4.78, 5) is 0.0154. The summed E-state index contributed by atoms with van der Waals surface area (Å²) in [7, 11) is -3.55. The summed E-state index contributed by atoms with van der Waals surface area (Å²) in [6, 6.07) is 3.07. The van der Waals surface area contributed by atoms with E-state index in [1.54, 1.807) is 19.9 Å². The van der Waals surface area contributed by atoms with Crippen LogP contribution in [0, 0.1) is 6.92 Å². The minimum absolute atomic E-state index is 0.0154. The number of hydrogen-bond acceptors (Lipinski definition) is 2. The van der Waals surface area contributed by atoms with E-state index >= 15 is 0 Å². The SMILES string of the molecule is CCNS(=O)(=O)c1ccc(C)c(Cl)c1Cl. The molecule has 0 aliphatic carbocycles. The summed E-state index contributed by atoms with van der Waals surface area (Å²) in [5.74, 6) is 0. The molecular formula is C9H11Cl2NO2S. The Hall–Kier alpha value is -0.290. The fraction of sp³-hybridized carbons (Fsp3) is 0.333. The normalized spacial score (nSPS) is 11.7. The fourth-order valence-electron chi connectivity index (χ4n) is 1.10. The Morgan fingerprint density at radius 1 is 1.27 bits per heavy atom. The first-order valence-electron chi connectivity index (χ1n) is 4.34. The Morgan fingerprint density at radius 3 is 2.40 bits per heavy atom. The van der Waals surface area contributed by atoms with Gasteiger partial charge < -0.3 is 0 Å². The van der Waals surface area contributed by atoms with Crippen molar-refractivity contribution >= 4 is 33.2 Å². The number of aryl methyl sites for hydroxylation is 1. The van der Waals surface area contributed by atoms with Gasteiger partial charge in [-0.05, 0) is 18.6 Å². The number of hydrogen-bond donors (Lipinski definition) is 1. The van der Waals surface area contributed by atoms with Crippen LogP contribution in [0.1, 0.15) is 12.5 Å². The van der Waals surface area contributed by atoms with Gasteiger partial charge in [-0.3, -0.25) is 0 Å². The zero-order valence-electron chi connectivity index (χ0n) is 8.34. The molecule has 3 nitrogen and oxygen atoms in total. The number of sulfonamides is 1. The van der Waals surface area contributed by atoms with Crippen molar-refractivity contribution in [2.24, 2.45) is 0 Å². The van der Waals surface area contributed by atoms with Crippen molar-refractivity contribution in [2.45, 2.75) is 18.7 Å². The van der Waals surface area contributed by atoms with Crippen molar-refractivity contribution in [3.8, 4) is 0 Å². The first-order valence-corrected chi connectivity index (χ1v) is 6.58. The zero-order chi connectivity index (χ0) is 11.6. The van der Waals surface area contributed by atoms with E-state index in [4.69, 9.17) is 23.2 Å². The highest BCUT2D eigenvalue weighted by Crippen LogP contribution is 2.31. The van der Waals surface area contributed by atoms with Gasteiger partial charge in [0.15, 0.2) is 0 Å². The molecule has 1 N–H and O–H groups in total. The Kier molecular flexibility index (Phi) is 4.00. The third kappa shape index (κ3) is 2.64. The van der Waals surface area contributed by atoms with E-state index in [-0.39, 0.29) is 14.9 Å². The molecule has 1 aromatic rings. The Labute approximate surface area is 99.4 Å². The molecule has 0 amide bonds. The maximum Gasteiger partial charge on any atom is 0.242 e. The van der Waals surface area contributed by atoms with E-state index in [1.165, 1.54) is 6.07 Å². The first-order chi connectivity index (χ1) is 6.90. The lowest BCUT2D eigenvalue weighted by Gasteiger charge is -2.09. The van der Waals surface area contributed by atoms with Crippen molar-refractivity contribution < 1.29 is 8.42 Å². The van der Waals surface area contributed by atoms with Gasteiger partial charge in [0.2, 0.25) is 10.0 Å². The van der Waals surface area contributed by atoms with Crippen LogP contribution < -0.4 is 4.72 Å². The van der Waals surface area contributed by atoms with Crippen LogP contribution in [-0.2, 0) is 10.0 Å². The molecule has 0 saturated heterocycles. The van der Waals surface area contributed by atoms with Crippen LogP contribution in [0.25, 0.3) is 0 Å². The summed E-state index contributed by atoms with van der Waals surface area (Å²) in [5.41, 5.74) is 0.747. The molecule has 0 unspecified atom stereocenters. The molecule has 15 heavy (non-hydrogen) atoms. The molecule has 0 heterocycles. The second-order valence-corrected chi connectivity index (χ2v) is 5.50. The van der Waals surface area contributed by atoms with E-state index in [0.29, 0.717) is 6.54 Å². The molecule has 0 bridgehead atoms. The summed E-state index contributed by atoms with van der Waals surface area (Å²) in [5, 5.41) is 0.341. The Morgan fingerprint density at radius 2 is 1.87 bits per heavy atom. The highest BCUT2D eigenvalue weighted by molar-refractivity contribution is 7.89. The molecule has 1 rings (SSSR count). The Balaban J connectivity index is 3.34. The average molecular weight is 268 g/mol. The lowest BCUT2D eigenvalue weighted by Crippen LogP contribution is -2.23. The van der Waals surface area contributed by atoms with Gasteiger partial charge in [0.05, 0.1) is 10.0 Å². The summed E-state index contributed by atoms with van der Waals surface area (Å²) in [6.07, 6.45) is 0. The van der Waals surface area contributed by atoms with Crippen molar-refractivity contribution in [1.29, 1.82) is 0 Å². The van der Waals surface area contributed by atoms with E-state index in [9.17, 15) is 8.42 Å². The Bertz CT molecular complexity index is 471. The number of rotatable bonds is 3. The van der Waals surface area contributed by atoms with Crippen LogP contribution in [0.5, 0.6) is 0 Å². The summed E-state index contributed by atoms with van der Waals surface area (Å²) < 4.78 is 25.7. The monoisotopic (exact) mass is 267 g/mol. The molecule has 0 aromatic heterocycles. The summed E-state index contributed by atoms with van der Waals surface area (Å²) in [6.45, 7) is 3.77. The molecule has 0 saturated carbocycles. The van der Waals surface area contributed by atoms with Gasteiger partial charge in [-0.15, -0.1) is 0 Å². The third-order valence-electron chi connectivity index (χ3n) is 1.86. The van der Waals surface area contributed by atoms with Crippen LogP contribution in [0.3, 0.4) is 0 Å². The molecule has 6 heteroatoms. The number of halogens is 2. The van der Waals surface area contributed by atoms with Gasteiger partial charge in [0, 0.05) is 6.54 Å². The van der Waals surface area contributed by atoms with Crippen LogP contribution in [0.15, 0.2) is 17.0 Å². The molecule has 0 atom stereocenters. The van der Waals surface area contributed by atoms with Gasteiger partial charge >= 0.3 is 0 Å². The average Bonchev–Trinajstić information content (AvgIpc) is 2.13. The van der Waals surface area contributed by atoms with Crippen molar-refractivity contribution in [3.05, 3.63) is 27.7 Å². The van der Waals surface area contributed by atoms with Crippen molar-refractivity contribution in [3.63, 3.8) is 0 Å². The van der Waals surface area contributed by atoms with E-state index in [2.05, 4.69) is 4.72 Å². The van der Waals surface area contributed by atoms with E-state index in [1.807, 2.05) is 0 Å². The lowest BCUT2D eigenvalue weighted by atomic mass is 10.2. The van der Waals surface area contributed by atoms with Gasteiger partial charge in [-0.25, -0.2) is 13.1 Å². The minimum atomic E-state index is -3.55. The molecule has 0 fully saturated rings. The highest BCUT2D eigenvalue weighted by Gasteiger charge is 2.19. The highest BCUT2D eigenvalue weighted by atomic mass is 35.5. The molecule has 0 spiro atoms. The second-order valence-electron chi connectivity index (χ2n) is 3.01. The molecule has 0 radical (unpaired) electrons. The maximum atomic E-state index is 11.7. The minimum Gasteiger partial charge on any atom is -0.211 e. The largest absolute Gasteiger partial charge is 0.242 e. The quantitative estimate of drug-likeness (QED) is 0.915. The van der Waals surface area contributed by atoms with Crippen LogP contribution in [-0.4, -0.2) is 15.0 Å². The van der Waals surface area contributed by atoms with Crippen LogP contribution in [0.2, 0.25) is 10.0 Å². The third-order valence-corrected chi connectivity index (χ3v) is 4.54. The van der Waals surface area contributed by atoms with Gasteiger partial charge in [-0.2, -0.15) is 0 Å². The van der Waals surface area contributed by atoms with Gasteiger partial charge in [0.25, 0.3) is 0 Å².